The topological polar surface area (TPSA) is 48.2 Å². The van der Waals surface area contributed by atoms with Crippen molar-refractivity contribution >= 4 is 24.4 Å². The van der Waals surface area contributed by atoms with Gasteiger partial charge in [-0.1, -0.05) is 31.9 Å². The van der Waals surface area contributed by atoms with Gasteiger partial charge in [0.2, 0.25) is 0 Å². The maximum absolute atomic E-state index is 9.63. The van der Waals surface area contributed by atoms with Gasteiger partial charge >= 0.3 is 0 Å². The Morgan fingerprint density at radius 3 is 2.32 bits per heavy atom. The minimum atomic E-state index is 0.431. The summed E-state index contributed by atoms with van der Waals surface area (Å²) in [6, 6.07) is 2.50. The molecule has 0 atom stereocenters. The van der Waals surface area contributed by atoms with Gasteiger partial charge in [0.25, 0.3) is 0 Å². The van der Waals surface area contributed by atoms with E-state index < -0.39 is 0 Å². The lowest BCUT2D eigenvalue weighted by atomic mass is 9.93. The maximum Gasteiger partial charge on any atom is 0.0997 e. The molecule has 0 aliphatic heterocycles. The van der Waals surface area contributed by atoms with E-state index in [0.717, 1.165) is 49.1 Å². The van der Waals surface area contributed by atoms with E-state index in [1.807, 2.05) is 0 Å². The second-order valence-electron chi connectivity index (χ2n) is 7.16. The summed E-state index contributed by atoms with van der Waals surface area (Å²) in [7, 11) is 0. The zero-order chi connectivity index (χ0) is 17.8. The molecular formula is C21H27N3S. The number of nitriles is 1. The van der Waals surface area contributed by atoms with Crippen LogP contribution in [-0.2, 0) is 25.7 Å². The molecule has 0 aromatic heterocycles. The molecule has 0 radical (unpaired) electrons. The molecule has 0 unspecified atom stereocenters. The SMILES string of the molecule is C=N/C(=C\CCSNc1c2c(c(C#N)c3c1CCC3)CCC2)C(C)C. The fourth-order valence-electron chi connectivity index (χ4n) is 4.09. The average Bonchev–Trinajstić information content (AvgIpc) is 3.26. The first-order valence-electron chi connectivity index (χ1n) is 9.31. The second kappa shape index (κ2) is 8.10. The lowest BCUT2D eigenvalue weighted by Gasteiger charge is -2.18. The van der Waals surface area contributed by atoms with Gasteiger partial charge in [-0.15, -0.1) is 0 Å². The van der Waals surface area contributed by atoms with Crippen LogP contribution in [-0.4, -0.2) is 12.5 Å². The zero-order valence-electron chi connectivity index (χ0n) is 15.3. The Labute approximate surface area is 155 Å². The summed E-state index contributed by atoms with van der Waals surface area (Å²) in [4.78, 5) is 4.11. The number of nitrogens with one attached hydrogen (secondary N) is 1. The molecule has 132 valence electrons. The molecule has 3 nitrogen and oxygen atoms in total. The second-order valence-corrected chi connectivity index (χ2v) is 8.07. The van der Waals surface area contributed by atoms with Gasteiger partial charge in [0, 0.05) is 11.4 Å². The number of aliphatic imine (C=N–C) groups is 1. The van der Waals surface area contributed by atoms with E-state index in [2.05, 4.69) is 42.4 Å². The van der Waals surface area contributed by atoms with Crippen LogP contribution < -0.4 is 4.72 Å². The number of hydrogen-bond acceptors (Lipinski definition) is 4. The van der Waals surface area contributed by atoms with E-state index in [9.17, 15) is 5.26 Å². The first kappa shape index (κ1) is 18.1. The van der Waals surface area contributed by atoms with Gasteiger partial charge in [-0.25, -0.2) is 0 Å². The van der Waals surface area contributed by atoms with Crippen LogP contribution in [0.5, 0.6) is 0 Å². The Morgan fingerprint density at radius 2 is 1.80 bits per heavy atom. The summed E-state index contributed by atoms with van der Waals surface area (Å²) in [5.41, 5.74) is 8.89. The molecule has 4 heteroatoms. The highest BCUT2D eigenvalue weighted by molar-refractivity contribution is 8.00. The molecule has 1 N–H and O–H groups in total. The number of benzene rings is 1. The van der Waals surface area contributed by atoms with E-state index in [1.165, 1.54) is 40.8 Å². The molecule has 25 heavy (non-hydrogen) atoms. The van der Waals surface area contributed by atoms with Crippen LogP contribution in [0.3, 0.4) is 0 Å². The summed E-state index contributed by atoms with van der Waals surface area (Å²) in [5, 5.41) is 9.63. The minimum Gasteiger partial charge on any atom is -0.329 e. The van der Waals surface area contributed by atoms with Gasteiger partial charge in [-0.3, -0.25) is 4.99 Å². The number of fused-ring (bicyclic) bond motifs is 2. The summed E-state index contributed by atoms with van der Waals surface area (Å²) in [5.74, 6) is 1.44. The average molecular weight is 354 g/mol. The first-order chi connectivity index (χ1) is 12.2. The smallest absolute Gasteiger partial charge is 0.0997 e. The quantitative estimate of drug-likeness (QED) is 0.415. The van der Waals surface area contributed by atoms with Crippen molar-refractivity contribution in [3.05, 3.63) is 39.6 Å². The third-order valence-corrected chi connectivity index (χ3v) is 6.06. The highest BCUT2D eigenvalue weighted by atomic mass is 32.2. The molecular weight excluding hydrogens is 326 g/mol. The normalized spacial score (nSPS) is 15.8. The first-order valence-corrected chi connectivity index (χ1v) is 10.3. The highest BCUT2D eigenvalue weighted by Gasteiger charge is 2.28. The molecule has 2 aliphatic carbocycles. The number of allylic oxidation sites excluding steroid dienone is 2. The Kier molecular flexibility index (Phi) is 5.86. The van der Waals surface area contributed by atoms with Crippen LogP contribution in [0, 0.1) is 17.2 Å². The van der Waals surface area contributed by atoms with Crippen molar-refractivity contribution in [2.45, 2.75) is 58.8 Å². The van der Waals surface area contributed by atoms with Gasteiger partial charge in [0.05, 0.1) is 17.3 Å². The van der Waals surface area contributed by atoms with Gasteiger partial charge in [0.1, 0.15) is 0 Å². The molecule has 0 bridgehead atoms. The molecule has 0 spiro atoms. The third kappa shape index (κ3) is 3.62. The Morgan fingerprint density at radius 1 is 1.20 bits per heavy atom. The van der Waals surface area contributed by atoms with Crippen LogP contribution in [0.4, 0.5) is 5.69 Å². The van der Waals surface area contributed by atoms with E-state index >= 15 is 0 Å². The fraction of sp³-hybridized carbons (Fsp3) is 0.524. The van der Waals surface area contributed by atoms with Crippen LogP contribution in [0.1, 0.15) is 60.9 Å². The van der Waals surface area contributed by atoms with Crippen molar-refractivity contribution in [3.8, 4) is 6.07 Å². The summed E-state index contributed by atoms with van der Waals surface area (Å²) in [6.07, 6.45) is 9.89. The lowest BCUT2D eigenvalue weighted by Crippen LogP contribution is -2.04. The van der Waals surface area contributed by atoms with Gasteiger partial charge < -0.3 is 4.72 Å². The summed E-state index contributed by atoms with van der Waals surface area (Å²) < 4.78 is 3.65. The fourth-order valence-corrected chi connectivity index (χ4v) is 4.81. The van der Waals surface area contributed by atoms with Crippen molar-refractivity contribution in [1.82, 2.24) is 0 Å². The third-order valence-electron chi connectivity index (χ3n) is 5.28. The molecule has 3 rings (SSSR count). The molecule has 1 aromatic rings. The summed E-state index contributed by atoms with van der Waals surface area (Å²) in [6.45, 7) is 7.95. The van der Waals surface area contributed by atoms with Crippen molar-refractivity contribution in [3.63, 3.8) is 0 Å². The van der Waals surface area contributed by atoms with Crippen molar-refractivity contribution < 1.29 is 0 Å². The lowest BCUT2D eigenvalue weighted by molar-refractivity contribution is 0.754. The van der Waals surface area contributed by atoms with Crippen molar-refractivity contribution in [1.29, 1.82) is 5.26 Å². The Hall–Kier alpha value is -1.73. The molecule has 0 fully saturated rings. The van der Waals surface area contributed by atoms with Crippen molar-refractivity contribution in [2.75, 3.05) is 10.5 Å². The monoisotopic (exact) mass is 353 g/mol. The molecule has 0 amide bonds. The molecule has 1 aromatic carbocycles. The standard InChI is InChI=1S/C21H27N3S/c1-14(2)20(23-3)11-6-12-25-24-21-17-9-4-7-15(17)19(13-22)16-8-5-10-18(16)21/h11,14,24H,3-10,12H2,1-2H3/b20-11-. The van der Waals surface area contributed by atoms with Gasteiger partial charge in [0.15, 0.2) is 0 Å². The molecule has 0 heterocycles. The predicted octanol–water partition coefficient (Wildman–Crippen LogP) is 5.23. The Balaban J connectivity index is 1.72. The van der Waals surface area contributed by atoms with Crippen molar-refractivity contribution in [2.24, 2.45) is 10.9 Å². The van der Waals surface area contributed by atoms with E-state index in [0.29, 0.717) is 5.92 Å². The molecule has 0 saturated carbocycles. The molecule has 0 saturated heterocycles. The zero-order valence-corrected chi connectivity index (χ0v) is 16.1. The summed E-state index contributed by atoms with van der Waals surface area (Å²) >= 11 is 1.78. The van der Waals surface area contributed by atoms with Crippen LogP contribution >= 0.6 is 11.9 Å². The Bertz CT molecular complexity index is 705. The largest absolute Gasteiger partial charge is 0.329 e. The van der Waals surface area contributed by atoms with Gasteiger partial charge in [-0.2, -0.15) is 5.26 Å². The number of nitrogens with zero attached hydrogens (tertiary/aromatic N) is 2. The maximum atomic E-state index is 9.63. The predicted molar refractivity (Wildman–Crippen MR) is 108 cm³/mol. The minimum absolute atomic E-state index is 0.431. The van der Waals surface area contributed by atoms with Crippen LogP contribution in [0.2, 0.25) is 0 Å². The molecule has 2 aliphatic rings. The van der Waals surface area contributed by atoms with Crippen LogP contribution in [0.15, 0.2) is 16.8 Å². The number of rotatable bonds is 7. The van der Waals surface area contributed by atoms with E-state index in [-0.39, 0.29) is 0 Å². The van der Waals surface area contributed by atoms with E-state index in [1.54, 1.807) is 11.9 Å². The van der Waals surface area contributed by atoms with Gasteiger partial charge in [-0.05, 0) is 79.8 Å². The number of anilines is 1. The van der Waals surface area contributed by atoms with E-state index in [4.69, 9.17) is 0 Å². The van der Waals surface area contributed by atoms with Crippen LogP contribution in [0.25, 0.3) is 0 Å². The highest BCUT2D eigenvalue weighted by Crippen LogP contribution is 2.42. The number of hydrogen-bond donors (Lipinski definition) is 1.